The molecule has 1 unspecified atom stereocenters. The maximum Gasteiger partial charge on any atom is 0.220 e. The number of piperidine rings is 1. The Hall–Kier alpha value is -2.48. The summed E-state index contributed by atoms with van der Waals surface area (Å²) in [5, 5.41) is 17.8. The van der Waals surface area contributed by atoms with Gasteiger partial charge in [0, 0.05) is 57.4 Å². The molecule has 8 nitrogen and oxygen atoms in total. The number of carbonyl (C=O) groups excluding carboxylic acids is 1. The van der Waals surface area contributed by atoms with Crippen LogP contribution in [-0.2, 0) is 18.3 Å². The molecule has 1 aliphatic rings. The monoisotopic (exact) mass is 344 g/mol. The standard InChI is InChI=1S/C17H24N6O2/c1-22-14(5-7-21-22)3-4-16(24)20-12-17(25)6-2-10-23(13-17)15-11-18-8-9-19-15/h5,7-9,11,25H,2-4,6,10,12-13H2,1H3,(H,20,24). The van der Waals surface area contributed by atoms with Crippen molar-refractivity contribution in [3.05, 3.63) is 36.5 Å². The van der Waals surface area contributed by atoms with Crippen LogP contribution in [0.15, 0.2) is 30.9 Å². The molecule has 2 aromatic heterocycles. The van der Waals surface area contributed by atoms with Gasteiger partial charge in [0.15, 0.2) is 0 Å². The van der Waals surface area contributed by atoms with Crippen LogP contribution in [0.5, 0.6) is 0 Å². The molecule has 3 heterocycles. The van der Waals surface area contributed by atoms with Crippen LogP contribution in [0.2, 0.25) is 0 Å². The minimum absolute atomic E-state index is 0.0637. The van der Waals surface area contributed by atoms with Gasteiger partial charge in [-0.15, -0.1) is 0 Å². The average molecular weight is 344 g/mol. The van der Waals surface area contributed by atoms with Crippen molar-refractivity contribution in [1.82, 2.24) is 25.1 Å². The lowest BCUT2D eigenvalue weighted by Gasteiger charge is -2.39. The quantitative estimate of drug-likeness (QED) is 0.782. The van der Waals surface area contributed by atoms with E-state index in [9.17, 15) is 9.90 Å². The smallest absolute Gasteiger partial charge is 0.220 e. The lowest BCUT2D eigenvalue weighted by atomic mass is 9.92. The third-order valence-electron chi connectivity index (χ3n) is 4.57. The first-order valence-electron chi connectivity index (χ1n) is 8.53. The molecule has 0 aromatic carbocycles. The maximum absolute atomic E-state index is 12.1. The second-order valence-corrected chi connectivity index (χ2v) is 6.54. The second-order valence-electron chi connectivity index (χ2n) is 6.54. The van der Waals surface area contributed by atoms with Crippen molar-refractivity contribution < 1.29 is 9.90 Å². The highest BCUT2D eigenvalue weighted by atomic mass is 16.3. The molecule has 1 atom stereocenters. The molecule has 8 heteroatoms. The number of carbonyl (C=O) groups is 1. The summed E-state index contributed by atoms with van der Waals surface area (Å²) in [6, 6.07) is 1.90. The number of aliphatic hydroxyl groups is 1. The van der Waals surface area contributed by atoms with E-state index in [1.54, 1.807) is 29.5 Å². The number of hydrogen-bond donors (Lipinski definition) is 2. The van der Waals surface area contributed by atoms with Gasteiger partial charge in [0.05, 0.1) is 11.8 Å². The number of nitrogens with zero attached hydrogens (tertiary/aromatic N) is 5. The van der Waals surface area contributed by atoms with Crippen molar-refractivity contribution in [3.63, 3.8) is 0 Å². The molecule has 0 aliphatic carbocycles. The topological polar surface area (TPSA) is 96.2 Å². The minimum Gasteiger partial charge on any atom is -0.386 e. The molecule has 134 valence electrons. The second kappa shape index (κ2) is 7.60. The number of rotatable bonds is 6. The predicted molar refractivity (Wildman–Crippen MR) is 93.0 cm³/mol. The molecule has 0 bridgehead atoms. The Kier molecular flexibility index (Phi) is 5.28. The van der Waals surface area contributed by atoms with Crippen molar-refractivity contribution in [2.24, 2.45) is 7.05 Å². The zero-order valence-electron chi connectivity index (χ0n) is 14.4. The van der Waals surface area contributed by atoms with Gasteiger partial charge in [-0.25, -0.2) is 4.98 Å². The van der Waals surface area contributed by atoms with E-state index in [0.29, 0.717) is 25.8 Å². The van der Waals surface area contributed by atoms with Crippen LogP contribution in [0.25, 0.3) is 0 Å². The predicted octanol–water partition coefficient (Wildman–Crippen LogP) is 0.290. The molecule has 3 rings (SSSR count). The Balaban J connectivity index is 1.49. The van der Waals surface area contributed by atoms with Crippen molar-refractivity contribution >= 4 is 11.7 Å². The minimum atomic E-state index is -0.946. The number of anilines is 1. The molecular weight excluding hydrogens is 320 g/mol. The van der Waals surface area contributed by atoms with Crippen LogP contribution >= 0.6 is 0 Å². The average Bonchev–Trinajstić information content (AvgIpc) is 3.04. The van der Waals surface area contributed by atoms with Crippen LogP contribution < -0.4 is 10.2 Å². The van der Waals surface area contributed by atoms with Crippen molar-refractivity contribution in [3.8, 4) is 0 Å². The molecule has 1 fully saturated rings. The molecule has 2 aromatic rings. The van der Waals surface area contributed by atoms with E-state index >= 15 is 0 Å². The Bertz CT molecular complexity index is 704. The highest BCUT2D eigenvalue weighted by Gasteiger charge is 2.34. The molecule has 0 saturated carbocycles. The van der Waals surface area contributed by atoms with E-state index in [1.807, 2.05) is 18.0 Å². The molecule has 0 radical (unpaired) electrons. The summed E-state index contributed by atoms with van der Waals surface area (Å²) in [6.45, 7) is 1.51. The first-order valence-corrected chi connectivity index (χ1v) is 8.53. The molecule has 0 spiro atoms. The Labute approximate surface area is 146 Å². The number of hydrogen-bond acceptors (Lipinski definition) is 6. The van der Waals surface area contributed by atoms with E-state index in [0.717, 1.165) is 24.5 Å². The zero-order chi connectivity index (χ0) is 17.7. The van der Waals surface area contributed by atoms with Crippen molar-refractivity contribution in [2.75, 3.05) is 24.5 Å². The zero-order valence-corrected chi connectivity index (χ0v) is 14.4. The van der Waals surface area contributed by atoms with Gasteiger partial charge in [-0.2, -0.15) is 5.10 Å². The van der Waals surface area contributed by atoms with Gasteiger partial charge < -0.3 is 15.3 Å². The fraction of sp³-hybridized carbons (Fsp3) is 0.529. The highest BCUT2D eigenvalue weighted by molar-refractivity contribution is 5.76. The van der Waals surface area contributed by atoms with Gasteiger partial charge >= 0.3 is 0 Å². The fourth-order valence-electron chi connectivity index (χ4n) is 3.15. The summed E-state index contributed by atoms with van der Waals surface area (Å²) in [5.74, 6) is 0.689. The van der Waals surface area contributed by atoms with Gasteiger partial charge in [0.1, 0.15) is 5.82 Å². The number of amides is 1. The van der Waals surface area contributed by atoms with Crippen LogP contribution in [0.1, 0.15) is 25.0 Å². The number of nitrogens with one attached hydrogen (secondary N) is 1. The largest absolute Gasteiger partial charge is 0.386 e. The van der Waals surface area contributed by atoms with Gasteiger partial charge in [0.25, 0.3) is 0 Å². The van der Waals surface area contributed by atoms with Gasteiger partial charge in [-0.05, 0) is 25.3 Å². The van der Waals surface area contributed by atoms with Crippen molar-refractivity contribution in [2.45, 2.75) is 31.3 Å². The lowest BCUT2D eigenvalue weighted by molar-refractivity contribution is -0.122. The summed E-state index contributed by atoms with van der Waals surface area (Å²) >= 11 is 0. The Morgan fingerprint density at radius 1 is 1.40 bits per heavy atom. The Morgan fingerprint density at radius 2 is 2.28 bits per heavy atom. The first-order chi connectivity index (χ1) is 12.1. The summed E-state index contributed by atoms with van der Waals surface area (Å²) in [6.07, 6.45) is 9.20. The van der Waals surface area contributed by atoms with Crippen LogP contribution in [0, 0.1) is 0 Å². The summed E-state index contributed by atoms with van der Waals surface area (Å²) in [4.78, 5) is 22.5. The van der Waals surface area contributed by atoms with Crippen LogP contribution in [-0.4, -0.2) is 56.0 Å². The van der Waals surface area contributed by atoms with Crippen LogP contribution in [0.4, 0.5) is 5.82 Å². The molecule has 1 amide bonds. The van der Waals surface area contributed by atoms with Gasteiger partial charge in [0.2, 0.25) is 5.91 Å². The maximum atomic E-state index is 12.1. The van der Waals surface area contributed by atoms with Gasteiger partial charge in [-0.1, -0.05) is 0 Å². The van der Waals surface area contributed by atoms with E-state index in [4.69, 9.17) is 0 Å². The van der Waals surface area contributed by atoms with Crippen molar-refractivity contribution in [1.29, 1.82) is 0 Å². The molecular formula is C17H24N6O2. The SMILES string of the molecule is Cn1nccc1CCC(=O)NCC1(O)CCCN(c2cnccn2)C1. The van der Waals surface area contributed by atoms with E-state index in [2.05, 4.69) is 20.4 Å². The fourth-order valence-corrected chi connectivity index (χ4v) is 3.15. The van der Waals surface area contributed by atoms with E-state index < -0.39 is 5.60 Å². The highest BCUT2D eigenvalue weighted by Crippen LogP contribution is 2.23. The third-order valence-corrected chi connectivity index (χ3v) is 4.57. The number of aryl methyl sites for hydroxylation is 2. The first kappa shape index (κ1) is 17.3. The normalized spacial score (nSPS) is 20.5. The van der Waals surface area contributed by atoms with Gasteiger partial charge in [-0.3, -0.25) is 14.5 Å². The van der Waals surface area contributed by atoms with E-state index in [-0.39, 0.29) is 12.5 Å². The molecule has 1 aliphatic heterocycles. The molecule has 2 N–H and O–H groups in total. The summed E-state index contributed by atoms with van der Waals surface area (Å²) in [7, 11) is 1.86. The third kappa shape index (κ3) is 4.54. The number of β-amino-alcohol motifs (C(OH)–C–C–N with tert-alkyl or cyclic N) is 1. The lowest BCUT2D eigenvalue weighted by Crippen LogP contribution is -2.54. The summed E-state index contributed by atoms with van der Waals surface area (Å²) in [5.41, 5.74) is 0.0678. The number of aromatic nitrogens is 4. The summed E-state index contributed by atoms with van der Waals surface area (Å²) < 4.78 is 1.76. The molecule has 25 heavy (non-hydrogen) atoms. The molecule has 1 saturated heterocycles. The van der Waals surface area contributed by atoms with E-state index in [1.165, 1.54) is 0 Å². The van der Waals surface area contributed by atoms with Crippen LogP contribution in [0.3, 0.4) is 0 Å². The Morgan fingerprint density at radius 3 is 3.00 bits per heavy atom.